The van der Waals surface area contributed by atoms with Crippen LogP contribution in [0, 0.1) is 6.92 Å². The average Bonchev–Trinajstić information content (AvgIpc) is 3.16. The molecule has 0 spiro atoms. The van der Waals surface area contributed by atoms with E-state index in [9.17, 15) is 0 Å². The molecule has 0 amide bonds. The van der Waals surface area contributed by atoms with Gasteiger partial charge >= 0.3 is 0 Å². The first-order chi connectivity index (χ1) is 10.8. The van der Waals surface area contributed by atoms with E-state index in [0.29, 0.717) is 0 Å². The molecule has 4 nitrogen and oxygen atoms in total. The van der Waals surface area contributed by atoms with Gasteiger partial charge in [0.05, 0.1) is 0 Å². The van der Waals surface area contributed by atoms with Crippen LogP contribution in [0.3, 0.4) is 0 Å². The highest BCUT2D eigenvalue weighted by molar-refractivity contribution is 6.02. The summed E-state index contributed by atoms with van der Waals surface area (Å²) in [6, 6.07) is 16.8. The van der Waals surface area contributed by atoms with Crippen LogP contribution in [0.2, 0.25) is 0 Å². The van der Waals surface area contributed by atoms with Crippen LogP contribution in [0.1, 0.15) is 11.1 Å². The minimum atomic E-state index is 0.725. The van der Waals surface area contributed by atoms with Gasteiger partial charge in [-0.2, -0.15) is 5.10 Å². The van der Waals surface area contributed by atoms with Crippen molar-refractivity contribution in [1.29, 1.82) is 0 Å². The number of amidine groups is 1. The number of aromatic amines is 1. The van der Waals surface area contributed by atoms with E-state index in [-0.39, 0.29) is 0 Å². The van der Waals surface area contributed by atoms with Gasteiger partial charge in [0, 0.05) is 29.2 Å². The summed E-state index contributed by atoms with van der Waals surface area (Å²) in [6.45, 7) is 2.86. The van der Waals surface area contributed by atoms with Crippen LogP contribution in [0.25, 0.3) is 10.9 Å². The van der Waals surface area contributed by atoms with E-state index < -0.39 is 0 Å². The molecule has 2 heterocycles. The van der Waals surface area contributed by atoms with E-state index in [1.165, 1.54) is 27.7 Å². The molecule has 1 aromatic heterocycles. The molecule has 4 heteroatoms. The smallest absolute Gasteiger partial charge is 0.135 e. The number of hydrazone groups is 1. The number of H-pyrrole nitrogens is 1. The SMILES string of the molecule is Cc1ccccc1N1CNN=C1Cc1c[nH]c2ccccc12. The third-order valence-corrected chi connectivity index (χ3v) is 4.18. The van der Waals surface area contributed by atoms with E-state index in [0.717, 1.165) is 18.9 Å². The Morgan fingerprint density at radius 3 is 2.82 bits per heavy atom. The topological polar surface area (TPSA) is 43.4 Å². The van der Waals surface area contributed by atoms with Gasteiger partial charge in [-0.15, -0.1) is 0 Å². The Balaban J connectivity index is 1.66. The molecule has 2 aromatic carbocycles. The molecule has 0 bridgehead atoms. The van der Waals surface area contributed by atoms with Gasteiger partial charge in [-0.05, 0) is 30.2 Å². The summed E-state index contributed by atoms with van der Waals surface area (Å²) in [5.74, 6) is 1.05. The monoisotopic (exact) mass is 290 g/mol. The Morgan fingerprint density at radius 2 is 1.91 bits per heavy atom. The number of benzene rings is 2. The number of hydrogen-bond donors (Lipinski definition) is 2. The minimum Gasteiger partial charge on any atom is -0.361 e. The molecule has 0 saturated carbocycles. The lowest BCUT2D eigenvalue weighted by Crippen LogP contribution is -2.31. The molecular formula is C18H18N4. The number of rotatable bonds is 3. The lowest BCUT2D eigenvalue weighted by atomic mass is 10.1. The summed E-state index contributed by atoms with van der Waals surface area (Å²) in [7, 11) is 0. The highest BCUT2D eigenvalue weighted by atomic mass is 15.5. The molecule has 0 atom stereocenters. The molecule has 0 unspecified atom stereocenters. The van der Waals surface area contributed by atoms with Gasteiger partial charge in [0.1, 0.15) is 12.5 Å². The first-order valence-corrected chi connectivity index (χ1v) is 7.50. The fourth-order valence-electron chi connectivity index (χ4n) is 3.02. The van der Waals surface area contributed by atoms with E-state index in [2.05, 4.69) is 82.1 Å². The summed E-state index contributed by atoms with van der Waals surface area (Å²) < 4.78 is 0. The Hall–Kier alpha value is -2.75. The third kappa shape index (κ3) is 2.13. The molecule has 0 fully saturated rings. The van der Waals surface area contributed by atoms with E-state index in [1.807, 2.05) is 0 Å². The average molecular weight is 290 g/mol. The summed E-state index contributed by atoms with van der Waals surface area (Å²) in [6.07, 6.45) is 2.90. The number of nitrogens with zero attached hydrogens (tertiary/aromatic N) is 2. The molecular weight excluding hydrogens is 272 g/mol. The molecule has 0 aliphatic carbocycles. The number of hydrogen-bond acceptors (Lipinski definition) is 3. The standard InChI is InChI=1S/C18H18N4/c1-13-6-2-5-9-17(13)22-12-20-21-18(22)10-14-11-19-16-8-4-3-7-15(14)16/h2-9,11,19-20H,10,12H2,1H3. The maximum atomic E-state index is 4.49. The maximum absolute atomic E-state index is 4.49. The molecule has 1 aliphatic rings. The zero-order valence-electron chi connectivity index (χ0n) is 12.5. The number of aromatic nitrogens is 1. The van der Waals surface area contributed by atoms with Crippen molar-refractivity contribution in [3.05, 3.63) is 65.9 Å². The molecule has 0 radical (unpaired) electrons. The van der Waals surface area contributed by atoms with Crippen molar-refractivity contribution in [2.24, 2.45) is 5.10 Å². The van der Waals surface area contributed by atoms with Crippen molar-refractivity contribution in [3.63, 3.8) is 0 Å². The minimum absolute atomic E-state index is 0.725. The second-order valence-corrected chi connectivity index (χ2v) is 5.60. The Labute approximate surface area is 129 Å². The van der Waals surface area contributed by atoms with E-state index in [1.54, 1.807) is 0 Å². The van der Waals surface area contributed by atoms with Crippen molar-refractivity contribution in [2.75, 3.05) is 11.6 Å². The zero-order valence-corrected chi connectivity index (χ0v) is 12.5. The number of fused-ring (bicyclic) bond motifs is 1. The first kappa shape index (κ1) is 13.0. The van der Waals surface area contributed by atoms with Crippen molar-refractivity contribution in [1.82, 2.24) is 10.4 Å². The fraction of sp³-hybridized carbons (Fsp3) is 0.167. The quantitative estimate of drug-likeness (QED) is 0.776. The van der Waals surface area contributed by atoms with Crippen LogP contribution in [0.5, 0.6) is 0 Å². The Bertz CT molecular complexity index is 847. The van der Waals surface area contributed by atoms with Crippen molar-refractivity contribution in [3.8, 4) is 0 Å². The Morgan fingerprint density at radius 1 is 1.09 bits per heavy atom. The van der Waals surface area contributed by atoms with Gasteiger partial charge in [0.15, 0.2) is 0 Å². The number of para-hydroxylation sites is 2. The lowest BCUT2D eigenvalue weighted by Gasteiger charge is -2.21. The molecule has 4 rings (SSSR count). The number of anilines is 1. The van der Waals surface area contributed by atoms with Crippen molar-refractivity contribution < 1.29 is 0 Å². The second kappa shape index (κ2) is 5.22. The number of nitrogens with one attached hydrogen (secondary N) is 2. The summed E-state index contributed by atoms with van der Waals surface area (Å²) in [5.41, 5.74) is 8.04. The van der Waals surface area contributed by atoms with Crippen LogP contribution in [0.4, 0.5) is 5.69 Å². The van der Waals surface area contributed by atoms with Crippen LogP contribution in [-0.4, -0.2) is 17.5 Å². The lowest BCUT2D eigenvalue weighted by molar-refractivity contribution is 0.806. The fourth-order valence-corrected chi connectivity index (χ4v) is 3.02. The largest absolute Gasteiger partial charge is 0.361 e. The van der Waals surface area contributed by atoms with Crippen molar-refractivity contribution >= 4 is 22.4 Å². The summed E-state index contributed by atoms with van der Waals surface area (Å²) in [4.78, 5) is 5.58. The van der Waals surface area contributed by atoms with Gasteiger partial charge in [-0.1, -0.05) is 36.4 Å². The molecule has 0 saturated heterocycles. The van der Waals surface area contributed by atoms with Gasteiger partial charge in [0.25, 0.3) is 0 Å². The van der Waals surface area contributed by atoms with Crippen molar-refractivity contribution in [2.45, 2.75) is 13.3 Å². The first-order valence-electron chi connectivity index (χ1n) is 7.50. The van der Waals surface area contributed by atoms with Crippen LogP contribution >= 0.6 is 0 Å². The van der Waals surface area contributed by atoms with Crippen LogP contribution in [0.15, 0.2) is 59.8 Å². The van der Waals surface area contributed by atoms with Gasteiger partial charge < -0.3 is 9.88 Å². The zero-order chi connectivity index (χ0) is 14.9. The summed E-state index contributed by atoms with van der Waals surface area (Å²) >= 11 is 0. The van der Waals surface area contributed by atoms with E-state index in [4.69, 9.17) is 0 Å². The molecule has 3 aromatic rings. The molecule has 110 valence electrons. The maximum Gasteiger partial charge on any atom is 0.135 e. The third-order valence-electron chi connectivity index (χ3n) is 4.18. The van der Waals surface area contributed by atoms with Gasteiger partial charge in [-0.3, -0.25) is 5.43 Å². The highest BCUT2D eigenvalue weighted by Gasteiger charge is 2.21. The number of aryl methyl sites for hydroxylation is 1. The summed E-state index contributed by atoms with van der Waals surface area (Å²) in [5, 5.41) is 5.76. The second-order valence-electron chi connectivity index (χ2n) is 5.60. The Kier molecular flexibility index (Phi) is 3.07. The molecule has 1 aliphatic heterocycles. The van der Waals surface area contributed by atoms with Gasteiger partial charge in [-0.25, -0.2) is 0 Å². The predicted molar refractivity (Wildman–Crippen MR) is 91.1 cm³/mol. The normalized spacial score (nSPS) is 14.2. The highest BCUT2D eigenvalue weighted by Crippen LogP contribution is 2.24. The predicted octanol–water partition coefficient (Wildman–Crippen LogP) is 3.40. The van der Waals surface area contributed by atoms with Crippen LogP contribution < -0.4 is 10.3 Å². The molecule has 22 heavy (non-hydrogen) atoms. The molecule has 2 N–H and O–H groups in total. The van der Waals surface area contributed by atoms with Crippen LogP contribution in [-0.2, 0) is 6.42 Å². The van der Waals surface area contributed by atoms with E-state index >= 15 is 0 Å². The van der Waals surface area contributed by atoms with Gasteiger partial charge in [0.2, 0.25) is 0 Å².